The minimum absolute atomic E-state index is 0.0672. The molecule has 1 aromatic carbocycles. The van der Waals surface area contributed by atoms with E-state index in [0.29, 0.717) is 30.7 Å². The van der Waals surface area contributed by atoms with Gasteiger partial charge < -0.3 is 10.5 Å². The maximum Gasteiger partial charge on any atom is 0.243 e. The number of benzene rings is 1. The molecule has 0 heterocycles. The van der Waals surface area contributed by atoms with Crippen LogP contribution in [0, 0.1) is 0 Å². The first-order valence-corrected chi connectivity index (χ1v) is 9.77. The van der Waals surface area contributed by atoms with Crippen LogP contribution in [0.15, 0.2) is 26.0 Å². The van der Waals surface area contributed by atoms with Crippen LogP contribution in [-0.4, -0.2) is 28.2 Å². The van der Waals surface area contributed by atoms with Crippen LogP contribution in [0.1, 0.15) is 26.2 Å². The van der Waals surface area contributed by atoms with Gasteiger partial charge in [-0.25, -0.2) is 13.1 Å². The normalized spacial score (nSPS) is 11.8. The highest BCUT2D eigenvalue weighted by Crippen LogP contribution is 2.31. The van der Waals surface area contributed by atoms with E-state index >= 15 is 0 Å². The van der Waals surface area contributed by atoms with E-state index in [9.17, 15) is 8.42 Å². The van der Waals surface area contributed by atoms with E-state index in [2.05, 4.69) is 43.5 Å². The second-order valence-corrected chi connectivity index (χ2v) is 8.00. The van der Waals surface area contributed by atoms with Crippen LogP contribution in [0.25, 0.3) is 0 Å². The van der Waals surface area contributed by atoms with Gasteiger partial charge in [0.25, 0.3) is 0 Å². The molecule has 0 aliphatic rings. The summed E-state index contributed by atoms with van der Waals surface area (Å²) >= 11 is 6.50. The zero-order valence-electron chi connectivity index (χ0n) is 11.9. The molecule has 0 spiro atoms. The van der Waals surface area contributed by atoms with Crippen molar-refractivity contribution in [1.82, 2.24) is 4.72 Å². The van der Waals surface area contributed by atoms with Crippen molar-refractivity contribution in [2.45, 2.75) is 31.1 Å². The van der Waals surface area contributed by atoms with E-state index in [0.717, 1.165) is 17.3 Å². The van der Waals surface area contributed by atoms with E-state index in [1.165, 1.54) is 0 Å². The van der Waals surface area contributed by atoms with Crippen LogP contribution >= 0.6 is 31.9 Å². The fourth-order valence-electron chi connectivity index (χ4n) is 1.67. The van der Waals surface area contributed by atoms with Crippen molar-refractivity contribution >= 4 is 47.6 Å². The van der Waals surface area contributed by atoms with Gasteiger partial charge in [-0.2, -0.15) is 0 Å². The van der Waals surface area contributed by atoms with E-state index in [1.807, 2.05) is 0 Å². The van der Waals surface area contributed by atoms with Crippen LogP contribution in [0.4, 0.5) is 5.69 Å². The molecule has 0 unspecified atom stereocenters. The molecule has 5 nitrogen and oxygen atoms in total. The Morgan fingerprint density at radius 2 is 1.90 bits per heavy atom. The summed E-state index contributed by atoms with van der Waals surface area (Å²) < 4.78 is 33.6. The summed E-state index contributed by atoms with van der Waals surface area (Å²) in [7, 11) is -3.63. The molecule has 0 saturated carbocycles. The number of nitrogens with two attached hydrogens (primary N) is 1. The molecule has 0 bridgehead atoms. The molecule has 0 aliphatic heterocycles. The number of hydrogen-bond acceptors (Lipinski definition) is 4. The third-order valence-electron chi connectivity index (χ3n) is 2.71. The highest BCUT2D eigenvalue weighted by molar-refractivity contribution is 9.11. The lowest BCUT2D eigenvalue weighted by atomic mass is 10.3. The van der Waals surface area contributed by atoms with Gasteiger partial charge in [-0.15, -0.1) is 0 Å². The van der Waals surface area contributed by atoms with Crippen molar-refractivity contribution in [1.29, 1.82) is 0 Å². The molecule has 1 aromatic rings. The van der Waals surface area contributed by atoms with Crippen LogP contribution in [0.5, 0.6) is 0 Å². The maximum atomic E-state index is 12.2. The quantitative estimate of drug-likeness (QED) is 0.453. The van der Waals surface area contributed by atoms with Gasteiger partial charge in [-0.1, -0.05) is 29.3 Å². The lowest BCUT2D eigenvalue weighted by Crippen LogP contribution is -2.26. The summed E-state index contributed by atoms with van der Waals surface area (Å²) in [5, 5.41) is 0. The molecule has 0 aromatic heterocycles. The second kappa shape index (κ2) is 9.09. The summed E-state index contributed by atoms with van der Waals surface area (Å²) in [5.41, 5.74) is 5.99. The number of ether oxygens (including phenoxy) is 1. The molecule has 1 rings (SSSR count). The summed E-state index contributed by atoms with van der Waals surface area (Å²) in [6.07, 6.45) is 2.73. The minimum atomic E-state index is -3.63. The Labute approximate surface area is 142 Å². The second-order valence-electron chi connectivity index (χ2n) is 4.52. The van der Waals surface area contributed by atoms with Crippen molar-refractivity contribution in [3.05, 3.63) is 21.1 Å². The zero-order chi connectivity index (χ0) is 15.9. The molecule has 0 atom stereocenters. The molecular weight excluding hydrogens is 424 g/mol. The Kier molecular flexibility index (Phi) is 8.18. The molecule has 0 aliphatic carbocycles. The summed E-state index contributed by atoms with van der Waals surface area (Å²) in [6, 6.07) is 3.21. The van der Waals surface area contributed by atoms with Gasteiger partial charge in [0.2, 0.25) is 10.0 Å². The third-order valence-corrected chi connectivity index (χ3v) is 5.63. The van der Waals surface area contributed by atoms with Crippen LogP contribution in [-0.2, 0) is 14.8 Å². The first-order valence-electron chi connectivity index (χ1n) is 6.70. The number of rotatable bonds is 9. The predicted octanol–water partition coefficient (Wildman–Crippen LogP) is 3.28. The minimum Gasteiger partial charge on any atom is -0.398 e. The average molecular weight is 444 g/mol. The SMILES string of the molecule is CCCCOCCCNS(=O)(=O)c1c(N)cc(Br)cc1Br. The fraction of sp³-hybridized carbons (Fsp3) is 0.538. The summed E-state index contributed by atoms with van der Waals surface area (Å²) in [4.78, 5) is 0.0672. The smallest absolute Gasteiger partial charge is 0.243 e. The lowest BCUT2D eigenvalue weighted by Gasteiger charge is -2.11. The van der Waals surface area contributed by atoms with Crippen LogP contribution < -0.4 is 10.5 Å². The fourth-order valence-corrected chi connectivity index (χ4v) is 4.81. The molecule has 0 radical (unpaired) electrons. The highest BCUT2D eigenvalue weighted by atomic mass is 79.9. The Bertz CT molecular complexity index is 542. The number of hydrogen-bond donors (Lipinski definition) is 2. The van der Waals surface area contributed by atoms with Gasteiger partial charge in [-0.05, 0) is 40.9 Å². The van der Waals surface area contributed by atoms with Crippen molar-refractivity contribution in [2.24, 2.45) is 0 Å². The predicted molar refractivity (Wildman–Crippen MR) is 91.8 cm³/mol. The number of nitrogen functional groups attached to an aromatic ring is 1. The number of unbranched alkanes of at least 4 members (excludes halogenated alkanes) is 1. The standard InChI is InChI=1S/C13H20Br2N2O3S/c1-2-3-6-20-7-4-5-17-21(18,19)13-11(15)8-10(14)9-12(13)16/h8-9,17H,2-7,16H2,1H3. The Balaban J connectivity index is 2.55. The molecule has 8 heteroatoms. The van der Waals surface area contributed by atoms with Crippen molar-refractivity contribution in [2.75, 3.05) is 25.5 Å². The van der Waals surface area contributed by atoms with Gasteiger partial charge in [0, 0.05) is 28.7 Å². The molecule has 21 heavy (non-hydrogen) atoms. The van der Waals surface area contributed by atoms with Crippen molar-refractivity contribution < 1.29 is 13.2 Å². The topological polar surface area (TPSA) is 81.4 Å². The van der Waals surface area contributed by atoms with Crippen LogP contribution in [0.2, 0.25) is 0 Å². The molecule has 120 valence electrons. The molecule has 0 amide bonds. The van der Waals surface area contributed by atoms with E-state index < -0.39 is 10.0 Å². The average Bonchev–Trinajstić information content (AvgIpc) is 2.35. The summed E-state index contributed by atoms with van der Waals surface area (Å²) in [5.74, 6) is 0. The third kappa shape index (κ3) is 6.23. The van der Waals surface area contributed by atoms with Crippen LogP contribution in [0.3, 0.4) is 0 Å². The number of halogens is 2. The Morgan fingerprint density at radius 1 is 1.24 bits per heavy atom. The number of nitrogens with one attached hydrogen (secondary N) is 1. The van der Waals surface area contributed by atoms with Gasteiger partial charge in [0.15, 0.2) is 0 Å². The van der Waals surface area contributed by atoms with Crippen molar-refractivity contribution in [3.8, 4) is 0 Å². The summed E-state index contributed by atoms with van der Waals surface area (Å²) in [6.45, 7) is 3.67. The van der Waals surface area contributed by atoms with Gasteiger partial charge in [0.1, 0.15) is 4.90 Å². The Morgan fingerprint density at radius 3 is 2.52 bits per heavy atom. The molecule has 0 fully saturated rings. The molecular formula is C13H20Br2N2O3S. The maximum absolute atomic E-state index is 12.2. The monoisotopic (exact) mass is 442 g/mol. The largest absolute Gasteiger partial charge is 0.398 e. The van der Waals surface area contributed by atoms with E-state index in [4.69, 9.17) is 10.5 Å². The van der Waals surface area contributed by atoms with E-state index in [1.54, 1.807) is 12.1 Å². The Hall–Kier alpha value is -0.150. The van der Waals surface area contributed by atoms with Crippen molar-refractivity contribution in [3.63, 3.8) is 0 Å². The lowest BCUT2D eigenvalue weighted by molar-refractivity contribution is 0.130. The number of anilines is 1. The molecule has 3 N–H and O–H groups in total. The van der Waals surface area contributed by atoms with Gasteiger partial charge in [0.05, 0.1) is 5.69 Å². The first-order chi connectivity index (χ1) is 9.88. The zero-order valence-corrected chi connectivity index (χ0v) is 15.9. The van der Waals surface area contributed by atoms with Gasteiger partial charge >= 0.3 is 0 Å². The highest BCUT2D eigenvalue weighted by Gasteiger charge is 2.21. The molecule has 0 saturated heterocycles. The van der Waals surface area contributed by atoms with Gasteiger partial charge in [-0.3, -0.25) is 0 Å². The first kappa shape index (κ1) is 18.9. The number of sulfonamides is 1. The van der Waals surface area contributed by atoms with E-state index in [-0.39, 0.29) is 10.6 Å².